The Labute approximate surface area is 91.5 Å². The van der Waals surface area contributed by atoms with E-state index in [0.29, 0.717) is 0 Å². The predicted molar refractivity (Wildman–Crippen MR) is 63.8 cm³/mol. The summed E-state index contributed by atoms with van der Waals surface area (Å²) in [5, 5.41) is 2.44. The van der Waals surface area contributed by atoms with E-state index in [2.05, 4.69) is 24.3 Å². The van der Waals surface area contributed by atoms with Crippen molar-refractivity contribution in [3.05, 3.63) is 36.4 Å². The maximum Gasteiger partial charge on any atom is 0.151 e. The summed E-state index contributed by atoms with van der Waals surface area (Å²) >= 11 is 0. The van der Waals surface area contributed by atoms with E-state index in [1.807, 2.05) is 12.1 Å². The van der Waals surface area contributed by atoms with E-state index in [1.165, 1.54) is 32.4 Å². The van der Waals surface area contributed by atoms with Gasteiger partial charge < -0.3 is 0 Å². The highest BCUT2D eigenvalue weighted by Crippen LogP contribution is 2.47. The molecule has 0 spiro atoms. The molecule has 2 aromatic rings. The molecular weight excluding hydrogens is 232 g/mol. The first-order valence-corrected chi connectivity index (χ1v) is 7.96. The number of benzene rings is 2. The molecule has 70 valence electrons. The minimum Gasteiger partial charge on any atom is -0.235 e. The molecule has 1 heterocycles. The molecule has 3 rings (SSSR count). The third-order valence-electron chi connectivity index (χ3n) is 2.13. The molecule has 0 bridgehead atoms. The van der Waals surface area contributed by atoms with Gasteiger partial charge in [0.1, 0.15) is 0 Å². The highest BCUT2D eigenvalue weighted by atomic mass is 33.5. The Morgan fingerprint density at radius 3 is 1.93 bits per heavy atom. The molecule has 0 saturated heterocycles. The van der Waals surface area contributed by atoms with Gasteiger partial charge in [-0.15, -0.1) is 0 Å². The quantitative estimate of drug-likeness (QED) is 0.653. The van der Waals surface area contributed by atoms with Crippen LogP contribution in [0.1, 0.15) is 0 Å². The lowest BCUT2D eigenvalue weighted by Gasteiger charge is -1.99. The fraction of sp³-hybridized carbons (Fsp3) is 0. The summed E-state index contributed by atoms with van der Waals surface area (Å²) in [5.74, 6) is 0. The van der Waals surface area contributed by atoms with E-state index in [1.54, 1.807) is 0 Å². The third kappa shape index (κ3) is 1.38. The monoisotopic (exact) mass is 238 g/mol. The van der Waals surface area contributed by atoms with Crippen LogP contribution in [0.3, 0.4) is 0 Å². The molecule has 0 N–H and O–H groups in total. The zero-order chi connectivity index (χ0) is 9.54. The van der Waals surface area contributed by atoms with E-state index in [4.69, 9.17) is 0 Å². The summed E-state index contributed by atoms with van der Waals surface area (Å²) in [6.45, 7) is 0. The molecule has 14 heavy (non-hydrogen) atoms. The summed E-state index contributed by atoms with van der Waals surface area (Å²) in [5.41, 5.74) is 0. The van der Waals surface area contributed by atoms with Crippen molar-refractivity contribution in [3.63, 3.8) is 0 Å². The van der Waals surface area contributed by atoms with Gasteiger partial charge >= 0.3 is 0 Å². The van der Waals surface area contributed by atoms with Crippen LogP contribution in [-0.2, 0) is 8.86 Å². The minimum absolute atomic E-state index is 0.834. The first-order valence-electron chi connectivity index (χ1n) is 4.14. The standard InChI is InChI=1S/C10H6OS3/c11-14-12-9-5-7-3-1-2-4-8(7)6-10(9)13-14/h1-6H. The molecule has 4 heteroatoms. The van der Waals surface area contributed by atoms with Gasteiger partial charge in [0.15, 0.2) is 8.86 Å². The highest BCUT2D eigenvalue weighted by Gasteiger charge is 2.19. The van der Waals surface area contributed by atoms with E-state index >= 15 is 0 Å². The van der Waals surface area contributed by atoms with Gasteiger partial charge in [0.05, 0.1) is 0 Å². The Hall–Kier alpha value is -0.450. The molecule has 0 aliphatic carbocycles. The predicted octanol–water partition coefficient (Wildman–Crippen LogP) is 3.62. The number of hydrogen-bond donors (Lipinski definition) is 0. The van der Waals surface area contributed by atoms with E-state index in [0.717, 1.165) is 9.79 Å². The summed E-state index contributed by atoms with van der Waals surface area (Å²) < 4.78 is 11.3. The molecule has 0 amide bonds. The lowest BCUT2D eigenvalue weighted by Crippen LogP contribution is -1.74. The fourth-order valence-corrected chi connectivity index (χ4v) is 6.45. The second-order valence-electron chi connectivity index (χ2n) is 3.02. The van der Waals surface area contributed by atoms with Crippen LogP contribution in [0.2, 0.25) is 0 Å². The maximum atomic E-state index is 11.3. The van der Waals surface area contributed by atoms with Crippen LogP contribution in [0.25, 0.3) is 10.8 Å². The van der Waals surface area contributed by atoms with Crippen LogP contribution in [-0.4, -0.2) is 4.21 Å². The number of rotatable bonds is 0. The molecule has 1 nitrogen and oxygen atoms in total. The van der Waals surface area contributed by atoms with Crippen molar-refractivity contribution in [2.45, 2.75) is 9.79 Å². The van der Waals surface area contributed by atoms with Crippen molar-refractivity contribution in [2.24, 2.45) is 0 Å². The lowest BCUT2D eigenvalue weighted by atomic mass is 10.1. The maximum absolute atomic E-state index is 11.3. The van der Waals surface area contributed by atoms with E-state index in [9.17, 15) is 4.21 Å². The smallest absolute Gasteiger partial charge is 0.151 e. The van der Waals surface area contributed by atoms with Crippen LogP contribution in [0.5, 0.6) is 0 Å². The second-order valence-corrected chi connectivity index (χ2v) is 8.09. The van der Waals surface area contributed by atoms with Gasteiger partial charge in [0.2, 0.25) is 0 Å². The number of fused-ring (bicyclic) bond motifs is 2. The SMILES string of the molecule is O=S1Sc2cc3ccccc3cc2S1. The summed E-state index contributed by atoms with van der Waals surface area (Å²) in [6.07, 6.45) is 0. The molecule has 0 atom stereocenters. The molecule has 0 aromatic heterocycles. The average Bonchev–Trinajstić information content (AvgIpc) is 2.53. The van der Waals surface area contributed by atoms with Crippen molar-refractivity contribution >= 4 is 41.2 Å². The van der Waals surface area contributed by atoms with Gasteiger partial charge in [0.25, 0.3) is 0 Å². The highest BCUT2D eigenvalue weighted by molar-refractivity contribution is 9.03. The van der Waals surface area contributed by atoms with Crippen molar-refractivity contribution < 1.29 is 4.21 Å². The fourth-order valence-electron chi connectivity index (χ4n) is 1.49. The Kier molecular flexibility index (Phi) is 2.08. The molecular formula is C10H6OS3. The van der Waals surface area contributed by atoms with Crippen LogP contribution >= 0.6 is 21.6 Å². The average molecular weight is 238 g/mol. The van der Waals surface area contributed by atoms with Crippen molar-refractivity contribution in [3.8, 4) is 0 Å². The van der Waals surface area contributed by atoms with Crippen LogP contribution in [0.15, 0.2) is 46.2 Å². The summed E-state index contributed by atoms with van der Waals surface area (Å²) in [7, 11) is 2.05. The molecule has 0 unspecified atom stereocenters. The Bertz CT molecular complexity index is 489. The molecule has 0 fully saturated rings. The van der Waals surface area contributed by atoms with Crippen molar-refractivity contribution in [1.82, 2.24) is 0 Å². The normalized spacial score (nSPS) is 16.0. The Morgan fingerprint density at radius 1 is 0.929 bits per heavy atom. The van der Waals surface area contributed by atoms with Gasteiger partial charge in [-0.2, -0.15) is 0 Å². The van der Waals surface area contributed by atoms with E-state index < -0.39 is 8.86 Å². The van der Waals surface area contributed by atoms with Crippen LogP contribution in [0.4, 0.5) is 0 Å². The van der Waals surface area contributed by atoms with Gasteiger partial charge in [-0.25, -0.2) is 4.21 Å². The first kappa shape index (κ1) is 8.83. The lowest BCUT2D eigenvalue weighted by molar-refractivity contribution is 0.699. The Morgan fingerprint density at radius 2 is 1.43 bits per heavy atom. The minimum atomic E-state index is -0.834. The largest absolute Gasteiger partial charge is 0.235 e. The third-order valence-corrected chi connectivity index (χ3v) is 6.68. The van der Waals surface area contributed by atoms with Crippen molar-refractivity contribution in [2.75, 3.05) is 0 Å². The van der Waals surface area contributed by atoms with Crippen molar-refractivity contribution in [1.29, 1.82) is 0 Å². The van der Waals surface area contributed by atoms with Gasteiger partial charge in [0, 0.05) is 9.79 Å². The van der Waals surface area contributed by atoms with E-state index in [-0.39, 0.29) is 0 Å². The van der Waals surface area contributed by atoms with Crippen LogP contribution in [0, 0.1) is 0 Å². The molecule has 0 saturated carbocycles. The molecule has 2 aromatic carbocycles. The summed E-state index contributed by atoms with van der Waals surface area (Å²) in [4.78, 5) is 2.29. The van der Waals surface area contributed by atoms with Gasteiger partial charge in [-0.3, -0.25) is 0 Å². The zero-order valence-corrected chi connectivity index (χ0v) is 9.55. The second kappa shape index (κ2) is 3.29. The molecule has 1 aliphatic heterocycles. The topological polar surface area (TPSA) is 17.1 Å². The Balaban J connectivity index is 2.31. The zero-order valence-electron chi connectivity index (χ0n) is 7.10. The van der Waals surface area contributed by atoms with Crippen LogP contribution < -0.4 is 0 Å². The first-order chi connectivity index (χ1) is 6.83. The summed E-state index contributed by atoms with van der Waals surface area (Å²) in [6, 6.07) is 12.5. The van der Waals surface area contributed by atoms with Gasteiger partial charge in [-0.1, -0.05) is 24.3 Å². The molecule has 0 radical (unpaired) electrons. The number of hydrogen-bond acceptors (Lipinski definition) is 3. The van der Waals surface area contributed by atoms with Gasteiger partial charge in [-0.05, 0) is 44.5 Å². The molecule has 1 aliphatic rings.